The van der Waals surface area contributed by atoms with Gasteiger partial charge < -0.3 is 10.2 Å². The van der Waals surface area contributed by atoms with Gasteiger partial charge in [0.2, 0.25) is 5.79 Å². The van der Waals surface area contributed by atoms with Crippen molar-refractivity contribution in [2.45, 2.75) is 31.5 Å². The molecule has 0 saturated heterocycles. The first-order valence-corrected chi connectivity index (χ1v) is 3.58. The van der Waals surface area contributed by atoms with Crippen molar-refractivity contribution < 1.29 is 15.0 Å². The lowest BCUT2D eigenvalue weighted by Crippen LogP contribution is -2.37. The first kappa shape index (κ1) is 7.69. The van der Waals surface area contributed by atoms with Crippen molar-refractivity contribution in [1.82, 2.24) is 0 Å². The molecule has 1 aliphatic rings. The lowest BCUT2D eigenvalue weighted by atomic mass is 9.99. The van der Waals surface area contributed by atoms with Crippen molar-refractivity contribution in [2.75, 3.05) is 0 Å². The predicted molar refractivity (Wildman–Crippen MR) is 35.2 cm³/mol. The van der Waals surface area contributed by atoms with Crippen LogP contribution in [0, 0.1) is 5.92 Å². The molecule has 0 unspecified atom stereocenters. The van der Waals surface area contributed by atoms with E-state index in [1.807, 2.05) is 0 Å². The molecule has 3 heteroatoms. The topological polar surface area (TPSA) is 57.5 Å². The van der Waals surface area contributed by atoms with Crippen molar-refractivity contribution in [2.24, 2.45) is 5.92 Å². The molecule has 0 aliphatic heterocycles. The summed E-state index contributed by atoms with van der Waals surface area (Å²) in [5.41, 5.74) is 0. The summed E-state index contributed by atoms with van der Waals surface area (Å²) < 4.78 is 0. The number of hydrogen-bond donors (Lipinski definition) is 2. The number of carbonyl (C=O) groups is 1. The van der Waals surface area contributed by atoms with E-state index < -0.39 is 5.79 Å². The van der Waals surface area contributed by atoms with Crippen LogP contribution in [-0.2, 0) is 4.79 Å². The van der Waals surface area contributed by atoms with E-state index in [0.717, 1.165) is 25.7 Å². The maximum Gasteiger partial charge on any atom is 0.223 e. The maximum atomic E-state index is 10.1. The van der Waals surface area contributed by atoms with Gasteiger partial charge in [-0.3, -0.25) is 4.79 Å². The van der Waals surface area contributed by atoms with Gasteiger partial charge in [-0.15, -0.1) is 0 Å². The number of hydrogen-bond acceptors (Lipinski definition) is 3. The zero-order valence-corrected chi connectivity index (χ0v) is 5.79. The smallest absolute Gasteiger partial charge is 0.223 e. The molecule has 0 bridgehead atoms. The van der Waals surface area contributed by atoms with E-state index in [2.05, 4.69) is 0 Å². The van der Waals surface area contributed by atoms with Gasteiger partial charge in [-0.05, 0) is 12.8 Å². The Balaban J connectivity index is 2.53. The fraction of sp³-hybridized carbons (Fsp3) is 0.857. The van der Waals surface area contributed by atoms with Gasteiger partial charge in [0.25, 0.3) is 0 Å². The molecular formula is C7H12O3. The first-order chi connectivity index (χ1) is 4.67. The lowest BCUT2D eigenvalue weighted by molar-refractivity contribution is -0.189. The van der Waals surface area contributed by atoms with E-state index in [9.17, 15) is 4.79 Å². The molecule has 1 aliphatic carbocycles. The first-order valence-electron chi connectivity index (χ1n) is 3.58. The van der Waals surface area contributed by atoms with Crippen LogP contribution in [0.2, 0.25) is 0 Å². The van der Waals surface area contributed by atoms with E-state index in [0.29, 0.717) is 0 Å². The highest BCUT2D eigenvalue weighted by molar-refractivity contribution is 5.59. The van der Waals surface area contributed by atoms with Crippen molar-refractivity contribution >= 4 is 6.29 Å². The van der Waals surface area contributed by atoms with Crippen molar-refractivity contribution in [3.05, 3.63) is 0 Å². The van der Waals surface area contributed by atoms with E-state index in [1.54, 1.807) is 0 Å². The molecular weight excluding hydrogens is 132 g/mol. The molecule has 0 atom stereocenters. The van der Waals surface area contributed by atoms with Crippen LogP contribution >= 0.6 is 0 Å². The Morgan fingerprint density at radius 2 is 1.80 bits per heavy atom. The molecule has 2 N–H and O–H groups in total. The average Bonchev–Trinajstić information content (AvgIpc) is 2.38. The predicted octanol–water partition coefficient (Wildman–Crippen LogP) is 0.0564. The molecule has 1 saturated carbocycles. The monoisotopic (exact) mass is 144 g/mol. The Hall–Kier alpha value is -0.410. The lowest BCUT2D eigenvalue weighted by Gasteiger charge is -2.21. The molecule has 0 aromatic carbocycles. The van der Waals surface area contributed by atoms with Crippen molar-refractivity contribution in [1.29, 1.82) is 0 Å². The third kappa shape index (κ3) is 1.36. The number of rotatable bonds is 2. The average molecular weight is 144 g/mol. The van der Waals surface area contributed by atoms with Crippen molar-refractivity contribution in [3.63, 3.8) is 0 Å². The molecule has 3 nitrogen and oxygen atoms in total. The summed E-state index contributed by atoms with van der Waals surface area (Å²) in [6, 6.07) is 0. The van der Waals surface area contributed by atoms with Gasteiger partial charge in [0.1, 0.15) is 0 Å². The zero-order chi connectivity index (χ0) is 7.61. The molecule has 0 aromatic rings. The minimum absolute atomic E-state index is 0.225. The molecule has 0 radical (unpaired) electrons. The van der Waals surface area contributed by atoms with Crippen LogP contribution in [0.4, 0.5) is 0 Å². The van der Waals surface area contributed by atoms with Gasteiger partial charge in [-0.1, -0.05) is 12.8 Å². The van der Waals surface area contributed by atoms with Crippen LogP contribution in [0.5, 0.6) is 0 Å². The number of aliphatic hydroxyl groups is 2. The van der Waals surface area contributed by atoms with Crippen LogP contribution in [0.25, 0.3) is 0 Å². The summed E-state index contributed by atoms with van der Waals surface area (Å²) in [6.07, 6.45) is 3.74. The van der Waals surface area contributed by atoms with Crippen LogP contribution in [0.3, 0.4) is 0 Å². The second-order valence-corrected chi connectivity index (χ2v) is 2.88. The fourth-order valence-electron chi connectivity index (χ4n) is 1.45. The van der Waals surface area contributed by atoms with Gasteiger partial charge in [0.15, 0.2) is 6.29 Å². The molecule has 58 valence electrons. The molecule has 0 amide bonds. The second-order valence-electron chi connectivity index (χ2n) is 2.88. The summed E-state index contributed by atoms with van der Waals surface area (Å²) in [4.78, 5) is 10.1. The standard InChI is InChI=1S/C7H12O3/c8-5-7(9,10)6-3-1-2-4-6/h5-6,9-10H,1-4H2. The minimum Gasteiger partial charge on any atom is -0.360 e. The van der Waals surface area contributed by atoms with Gasteiger partial charge in [-0.2, -0.15) is 0 Å². The highest BCUT2D eigenvalue weighted by atomic mass is 16.5. The Morgan fingerprint density at radius 1 is 1.30 bits per heavy atom. The second kappa shape index (κ2) is 2.68. The largest absolute Gasteiger partial charge is 0.360 e. The summed E-state index contributed by atoms with van der Waals surface area (Å²) in [6.45, 7) is 0. The number of carbonyl (C=O) groups excluding carboxylic acids is 1. The molecule has 0 heterocycles. The Kier molecular flexibility index (Phi) is 2.06. The molecule has 1 fully saturated rings. The van der Waals surface area contributed by atoms with Gasteiger partial charge in [0.05, 0.1) is 0 Å². The van der Waals surface area contributed by atoms with E-state index in [1.165, 1.54) is 0 Å². The summed E-state index contributed by atoms with van der Waals surface area (Å²) in [7, 11) is 0. The quantitative estimate of drug-likeness (QED) is 0.425. The van der Waals surface area contributed by atoms with Crippen LogP contribution < -0.4 is 0 Å². The van der Waals surface area contributed by atoms with E-state index >= 15 is 0 Å². The van der Waals surface area contributed by atoms with Crippen LogP contribution in [0.15, 0.2) is 0 Å². The van der Waals surface area contributed by atoms with Gasteiger partial charge in [0, 0.05) is 5.92 Å². The summed E-state index contributed by atoms with van der Waals surface area (Å²) in [5, 5.41) is 18.0. The van der Waals surface area contributed by atoms with E-state index in [-0.39, 0.29) is 12.2 Å². The zero-order valence-electron chi connectivity index (χ0n) is 5.79. The third-order valence-corrected chi connectivity index (χ3v) is 2.13. The number of aldehydes is 1. The molecule has 0 aromatic heterocycles. The maximum absolute atomic E-state index is 10.1. The van der Waals surface area contributed by atoms with E-state index in [4.69, 9.17) is 10.2 Å². The molecule has 10 heavy (non-hydrogen) atoms. The van der Waals surface area contributed by atoms with Gasteiger partial charge in [-0.25, -0.2) is 0 Å². The van der Waals surface area contributed by atoms with Gasteiger partial charge >= 0.3 is 0 Å². The minimum atomic E-state index is -2.06. The normalized spacial score (nSPS) is 21.4. The Bertz CT molecular complexity index is 125. The summed E-state index contributed by atoms with van der Waals surface area (Å²) in [5.74, 6) is -2.29. The Morgan fingerprint density at radius 3 is 2.20 bits per heavy atom. The fourth-order valence-corrected chi connectivity index (χ4v) is 1.45. The van der Waals surface area contributed by atoms with Crippen molar-refractivity contribution in [3.8, 4) is 0 Å². The van der Waals surface area contributed by atoms with Crippen LogP contribution in [-0.4, -0.2) is 22.3 Å². The SMILES string of the molecule is O=CC(O)(O)C1CCCC1. The Labute approximate surface area is 59.7 Å². The molecule has 0 spiro atoms. The summed E-state index contributed by atoms with van der Waals surface area (Å²) >= 11 is 0. The van der Waals surface area contributed by atoms with Crippen LogP contribution in [0.1, 0.15) is 25.7 Å². The highest BCUT2D eigenvalue weighted by Crippen LogP contribution is 2.31. The highest BCUT2D eigenvalue weighted by Gasteiger charge is 2.35. The third-order valence-electron chi connectivity index (χ3n) is 2.13. The molecule has 1 rings (SSSR count).